The van der Waals surface area contributed by atoms with Gasteiger partial charge in [0, 0.05) is 6.20 Å². The summed E-state index contributed by atoms with van der Waals surface area (Å²) in [7, 11) is 0. The van der Waals surface area contributed by atoms with Crippen LogP contribution in [-0.4, -0.2) is 27.9 Å². The minimum absolute atomic E-state index is 0.143. The fraction of sp³-hybridized carbons (Fsp3) is 0. The Kier molecular flexibility index (Phi) is 3.89. The minimum Gasteiger partial charge on any atom is -0.478 e. The van der Waals surface area contributed by atoms with Gasteiger partial charge in [-0.2, -0.15) is 0 Å². The zero-order valence-corrected chi connectivity index (χ0v) is 13.8. The van der Waals surface area contributed by atoms with Crippen LogP contribution < -0.4 is 9.64 Å². The number of pyridine rings is 1. The topological polar surface area (TPSA) is 96.8 Å². The number of imide groups is 1. The van der Waals surface area contributed by atoms with Gasteiger partial charge in [0.2, 0.25) is 0 Å². The first-order valence-corrected chi connectivity index (χ1v) is 7.98. The minimum atomic E-state index is -1.03. The lowest BCUT2D eigenvalue weighted by atomic mass is 10.1. The van der Waals surface area contributed by atoms with Gasteiger partial charge in [-0.05, 0) is 54.6 Å². The molecule has 0 aliphatic carbocycles. The fourth-order valence-corrected chi connectivity index (χ4v) is 2.81. The molecule has 3 aromatic rings. The van der Waals surface area contributed by atoms with Crippen LogP contribution >= 0.6 is 0 Å². The Hall–Kier alpha value is -4.00. The third kappa shape index (κ3) is 2.91. The lowest BCUT2D eigenvalue weighted by Gasteiger charge is -2.12. The molecule has 1 N–H and O–H groups in total. The van der Waals surface area contributed by atoms with E-state index in [1.165, 1.54) is 42.6 Å². The van der Waals surface area contributed by atoms with Gasteiger partial charge >= 0.3 is 5.97 Å². The van der Waals surface area contributed by atoms with Crippen molar-refractivity contribution < 1.29 is 24.2 Å². The van der Waals surface area contributed by atoms with E-state index in [0.717, 1.165) is 4.90 Å². The van der Waals surface area contributed by atoms with Gasteiger partial charge in [0.05, 0.1) is 28.6 Å². The molecule has 0 bridgehead atoms. The predicted octanol–water partition coefficient (Wildman–Crippen LogP) is 3.37. The van der Waals surface area contributed by atoms with Crippen molar-refractivity contribution in [3.8, 4) is 11.5 Å². The van der Waals surface area contributed by atoms with Crippen LogP contribution in [0.1, 0.15) is 31.1 Å². The van der Waals surface area contributed by atoms with Crippen molar-refractivity contribution in [3.05, 3.63) is 83.7 Å². The highest BCUT2D eigenvalue weighted by atomic mass is 16.5. The molecule has 2 heterocycles. The van der Waals surface area contributed by atoms with Gasteiger partial charge in [0.15, 0.2) is 0 Å². The lowest BCUT2D eigenvalue weighted by molar-refractivity contribution is 0.0696. The van der Waals surface area contributed by atoms with Crippen LogP contribution in [0.25, 0.3) is 0 Å². The number of aromatic nitrogens is 1. The Labute approximate surface area is 153 Å². The number of aromatic carboxylic acids is 1. The predicted molar refractivity (Wildman–Crippen MR) is 95.3 cm³/mol. The van der Waals surface area contributed by atoms with E-state index >= 15 is 0 Å². The maximum atomic E-state index is 12.7. The number of nitrogens with zero attached hydrogens (tertiary/aromatic N) is 2. The van der Waals surface area contributed by atoms with Crippen LogP contribution in [0.3, 0.4) is 0 Å². The number of amides is 2. The standard InChI is InChI=1S/C20H12N2O5/c23-18-16-8-7-15(27-14-5-3-12(4-6-14)20(25)26)10-17(16)19(24)22(18)13-2-1-9-21-11-13/h1-11H,(H,25,26). The highest BCUT2D eigenvalue weighted by Crippen LogP contribution is 2.32. The molecule has 0 atom stereocenters. The first kappa shape index (κ1) is 16.5. The molecule has 4 rings (SSSR count). The monoisotopic (exact) mass is 360 g/mol. The van der Waals surface area contributed by atoms with E-state index in [2.05, 4.69) is 4.98 Å². The molecule has 0 saturated heterocycles. The average molecular weight is 360 g/mol. The van der Waals surface area contributed by atoms with Crippen molar-refractivity contribution in [1.29, 1.82) is 0 Å². The molecule has 27 heavy (non-hydrogen) atoms. The van der Waals surface area contributed by atoms with E-state index in [0.29, 0.717) is 17.2 Å². The molecular weight excluding hydrogens is 348 g/mol. The average Bonchev–Trinajstić information content (AvgIpc) is 2.93. The summed E-state index contributed by atoms with van der Waals surface area (Å²) in [4.78, 5) is 41.2. The largest absolute Gasteiger partial charge is 0.478 e. The van der Waals surface area contributed by atoms with E-state index in [9.17, 15) is 14.4 Å². The number of hydrogen-bond acceptors (Lipinski definition) is 5. The molecule has 0 unspecified atom stereocenters. The van der Waals surface area contributed by atoms with Crippen molar-refractivity contribution in [2.24, 2.45) is 0 Å². The van der Waals surface area contributed by atoms with Crippen molar-refractivity contribution >= 4 is 23.5 Å². The van der Waals surface area contributed by atoms with Gasteiger partial charge in [-0.3, -0.25) is 14.6 Å². The Morgan fingerprint density at radius 2 is 1.63 bits per heavy atom. The van der Waals surface area contributed by atoms with Gasteiger partial charge in [-0.25, -0.2) is 9.69 Å². The van der Waals surface area contributed by atoms with Crippen LogP contribution in [0, 0.1) is 0 Å². The summed E-state index contributed by atoms with van der Waals surface area (Å²) in [6.07, 6.45) is 3.01. The molecule has 7 heteroatoms. The Bertz CT molecular complexity index is 1060. The molecule has 7 nitrogen and oxygen atoms in total. The van der Waals surface area contributed by atoms with Crippen LogP contribution in [-0.2, 0) is 0 Å². The number of hydrogen-bond donors (Lipinski definition) is 1. The van der Waals surface area contributed by atoms with Gasteiger partial charge in [0.25, 0.3) is 11.8 Å². The maximum Gasteiger partial charge on any atom is 0.335 e. The second kappa shape index (κ2) is 6.38. The Morgan fingerprint density at radius 1 is 0.926 bits per heavy atom. The zero-order chi connectivity index (χ0) is 19.0. The van der Waals surface area contributed by atoms with E-state index in [4.69, 9.17) is 9.84 Å². The van der Waals surface area contributed by atoms with Crippen LogP contribution in [0.4, 0.5) is 5.69 Å². The fourth-order valence-electron chi connectivity index (χ4n) is 2.81. The third-order valence-electron chi connectivity index (χ3n) is 4.10. The Balaban J connectivity index is 1.62. The molecular formula is C20H12N2O5. The third-order valence-corrected chi connectivity index (χ3v) is 4.10. The number of carboxylic acid groups (broad SMARTS) is 1. The molecule has 1 aliphatic heterocycles. The van der Waals surface area contributed by atoms with Gasteiger partial charge in [-0.15, -0.1) is 0 Å². The smallest absolute Gasteiger partial charge is 0.335 e. The quantitative estimate of drug-likeness (QED) is 0.717. The van der Waals surface area contributed by atoms with Gasteiger partial charge in [-0.1, -0.05) is 0 Å². The van der Waals surface area contributed by atoms with Crippen molar-refractivity contribution in [2.45, 2.75) is 0 Å². The van der Waals surface area contributed by atoms with Crippen LogP contribution in [0.5, 0.6) is 11.5 Å². The van der Waals surface area contributed by atoms with E-state index in [1.807, 2.05) is 0 Å². The van der Waals surface area contributed by atoms with Crippen LogP contribution in [0.2, 0.25) is 0 Å². The summed E-state index contributed by atoms with van der Waals surface area (Å²) in [6, 6.07) is 13.8. The SMILES string of the molecule is O=C(O)c1ccc(Oc2ccc3c(c2)C(=O)N(c2cccnc2)C3=O)cc1. The number of carboxylic acids is 1. The molecule has 1 aromatic heterocycles. The Morgan fingerprint density at radius 3 is 2.30 bits per heavy atom. The second-order valence-corrected chi connectivity index (χ2v) is 5.80. The number of benzene rings is 2. The number of fused-ring (bicyclic) bond motifs is 1. The summed E-state index contributed by atoms with van der Waals surface area (Å²) in [5, 5.41) is 8.92. The summed E-state index contributed by atoms with van der Waals surface area (Å²) in [5.41, 5.74) is 1.07. The molecule has 0 radical (unpaired) electrons. The molecule has 1 aliphatic rings. The summed E-state index contributed by atoms with van der Waals surface area (Å²) >= 11 is 0. The number of carbonyl (C=O) groups is 3. The van der Waals surface area contributed by atoms with Gasteiger partial charge in [0.1, 0.15) is 11.5 Å². The van der Waals surface area contributed by atoms with E-state index in [1.54, 1.807) is 24.4 Å². The first-order valence-electron chi connectivity index (χ1n) is 7.98. The van der Waals surface area contributed by atoms with Gasteiger partial charge < -0.3 is 9.84 Å². The normalized spacial score (nSPS) is 12.8. The lowest BCUT2D eigenvalue weighted by Crippen LogP contribution is -2.29. The van der Waals surface area contributed by atoms with Crippen molar-refractivity contribution in [2.75, 3.05) is 4.90 Å². The van der Waals surface area contributed by atoms with Crippen molar-refractivity contribution in [3.63, 3.8) is 0 Å². The summed E-state index contributed by atoms with van der Waals surface area (Å²) in [6.45, 7) is 0. The molecule has 2 amide bonds. The highest BCUT2D eigenvalue weighted by Gasteiger charge is 2.37. The number of rotatable bonds is 4. The first-order chi connectivity index (χ1) is 13.0. The zero-order valence-electron chi connectivity index (χ0n) is 13.8. The highest BCUT2D eigenvalue weighted by molar-refractivity contribution is 6.34. The molecule has 0 saturated carbocycles. The van der Waals surface area contributed by atoms with E-state index < -0.39 is 17.8 Å². The molecule has 132 valence electrons. The second-order valence-electron chi connectivity index (χ2n) is 5.80. The molecule has 0 spiro atoms. The van der Waals surface area contributed by atoms with E-state index in [-0.39, 0.29) is 16.7 Å². The van der Waals surface area contributed by atoms with Crippen molar-refractivity contribution in [1.82, 2.24) is 4.98 Å². The number of anilines is 1. The number of carbonyl (C=O) groups excluding carboxylic acids is 2. The number of ether oxygens (including phenoxy) is 1. The molecule has 2 aromatic carbocycles. The van der Waals surface area contributed by atoms with Crippen LogP contribution in [0.15, 0.2) is 67.0 Å². The maximum absolute atomic E-state index is 12.7. The summed E-state index contributed by atoms with van der Waals surface area (Å²) < 4.78 is 5.68. The summed E-state index contributed by atoms with van der Waals surface area (Å²) in [5.74, 6) is -1.11. The molecule has 0 fully saturated rings.